The van der Waals surface area contributed by atoms with Crippen LogP contribution in [0, 0.1) is 11.8 Å². The van der Waals surface area contributed by atoms with Crippen molar-refractivity contribution in [3.8, 4) is 0 Å². The fourth-order valence-corrected chi connectivity index (χ4v) is 0.743. The molecule has 1 atom stereocenters. The molecule has 0 saturated heterocycles. The summed E-state index contributed by atoms with van der Waals surface area (Å²) in [6.45, 7) is 7.91. The molecule has 4 heteroatoms. The minimum absolute atomic E-state index is 0.0269. The van der Waals surface area contributed by atoms with E-state index in [0.29, 0.717) is 12.5 Å². The van der Waals surface area contributed by atoms with E-state index < -0.39 is 12.1 Å². The Morgan fingerprint density at radius 2 is 1.93 bits per heavy atom. The van der Waals surface area contributed by atoms with Crippen LogP contribution in [0.3, 0.4) is 0 Å². The van der Waals surface area contributed by atoms with E-state index in [9.17, 15) is 9.59 Å². The van der Waals surface area contributed by atoms with Crippen molar-refractivity contribution in [2.45, 2.75) is 33.7 Å². The highest BCUT2D eigenvalue weighted by Gasteiger charge is 2.16. The van der Waals surface area contributed by atoms with Gasteiger partial charge in [0.05, 0.1) is 6.61 Å². The molecule has 4 nitrogen and oxygen atoms in total. The van der Waals surface area contributed by atoms with Crippen molar-refractivity contribution in [2.24, 2.45) is 11.8 Å². The Kier molecular flexibility index (Phi) is 5.92. The van der Waals surface area contributed by atoms with Gasteiger partial charge in [-0.15, -0.1) is 0 Å². The summed E-state index contributed by atoms with van der Waals surface area (Å²) in [4.78, 5) is 21.5. The summed E-state index contributed by atoms with van der Waals surface area (Å²) in [5.74, 6) is 0.317. The van der Waals surface area contributed by atoms with E-state index in [1.54, 1.807) is 6.29 Å². The Morgan fingerprint density at radius 3 is 2.29 bits per heavy atom. The Morgan fingerprint density at radius 1 is 1.36 bits per heavy atom. The Hall–Kier alpha value is -1.06. The highest BCUT2D eigenvalue weighted by atomic mass is 16.5. The zero-order valence-electron chi connectivity index (χ0n) is 9.16. The molecule has 81 valence electrons. The van der Waals surface area contributed by atoms with Crippen LogP contribution in [0.2, 0.25) is 0 Å². The van der Waals surface area contributed by atoms with Gasteiger partial charge in [0.2, 0.25) is 6.29 Å². The van der Waals surface area contributed by atoms with Gasteiger partial charge in [-0.3, -0.25) is 4.79 Å². The number of amides is 1. The summed E-state index contributed by atoms with van der Waals surface area (Å²) in [5.41, 5.74) is 0. The van der Waals surface area contributed by atoms with Gasteiger partial charge in [-0.1, -0.05) is 27.7 Å². The summed E-state index contributed by atoms with van der Waals surface area (Å²) < 4.78 is 4.86. The molecule has 0 aromatic heterocycles. The molecule has 0 saturated carbocycles. The average Bonchev–Trinajstić information content (AvgIpc) is 2.10. The Labute approximate surface area is 85.0 Å². The number of carbonyl (C=O) groups is 1. The van der Waals surface area contributed by atoms with Gasteiger partial charge in [-0.05, 0) is 11.8 Å². The van der Waals surface area contributed by atoms with Crippen molar-refractivity contribution in [2.75, 3.05) is 6.61 Å². The van der Waals surface area contributed by atoms with Gasteiger partial charge >= 0.3 is 6.09 Å². The molecule has 1 unspecified atom stereocenters. The number of alkyl carbamates (subject to hydrolysis) is 1. The third-order valence-corrected chi connectivity index (χ3v) is 1.61. The van der Waals surface area contributed by atoms with Crippen molar-refractivity contribution in [3.05, 3.63) is 0 Å². The van der Waals surface area contributed by atoms with Crippen LogP contribution in [0.15, 0.2) is 0 Å². The van der Waals surface area contributed by atoms with Crippen LogP contribution >= 0.6 is 0 Å². The summed E-state index contributed by atoms with van der Waals surface area (Å²) in [7, 11) is 0. The SMILES string of the molecule is CC(C)COC(=O)NC([C]=O)C(C)C. The molecule has 0 aromatic carbocycles. The van der Waals surface area contributed by atoms with Crippen LogP contribution in [-0.4, -0.2) is 25.0 Å². The molecule has 1 radical (unpaired) electrons. The number of carbonyl (C=O) groups excluding carboxylic acids is 2. The second kappa shape index (κ2) is 6.40. The van der Waals surface area contributed by atoms with Crippen LogP contribution in [0.1, 0.15) is 27.7 Å². The van der Waals surface area contributed by atoms with Gasteiger partial charge in [-0.2, -0.15) is 0 Å². The zero-order valence-corrected chi connectivity index (χ0v) is 9.16. The largest absolute Gasteiger partial charge is 0.449 e. The number of hydrogen-bond acceptors (Lipinski definition) is 3. The van der Waals surface area contributed by atoms with E-state index in [4.69, 9.17) is 4.74 Å². The van der Waals surface area contributed by atoms with Gasteiger partial charge in [0.15, 0.2) is 0 Å². The molecule has 0 aliphatic rings. The van der Waals surface area contributed by atoms with E-state index in [2.05, 4.69) is 5.32 Å². The monoisotopic (exact) mass is 200 g/mol. The van der Waals surface area contributed by atoms with Crippen molar-refractivity contribution in [1.82, 2.24) is 5.32 Å². The normalized spacial score (nSPS) is 12.7. The average molecular weight is 200 g/mol. The molecular weight excluding hydrogens is 182 g/mol. The molecular formula is C10H18NO3. The van der Waals surface area contributed by atoms with E-state index in [1.165, 1.54) is 0 Å². The number of nitrogens with one attached hydrogen (secondary N) is 1. The lowest BCUT2D eigenvalue weighted by atomic mass is 10.1. The van der Waals surface area contributed by atoms with Crippen LogP contribution in [0.5, 0.6) is 0 Å². The highest BCUT2D eigenvalue weighted by Crippen LogP contribution is 1.99. The minimum atomic E-state index is -0.588. The summed E-state index contributed by atoms with van der Waals surface area (Å²) in [5, 5.41) is 2.44. The lowest BCUT2D eigenvalue weighted by Crippen LogP contribution is -2.40. The third kappa shape index (κ3) is 5.56. The van der Waals surface area contributed by atoms with Gasteiger partial charge < -0.3 is 10.1 Å². The Balaban J connectivity index is 3.85. The van der Waals surface area contributed by atoms with Crippen LogP contribution < -0.4 is 5.32 Å². The molecule has 0 aliphatic heterocycles. The van der Waals surface area contributed by atoms with Gasteiger partial charge in [-0.25, -0.2) is 4.79 Å². The minimum Gasteiger partial charge on any atom is -0.449 e. The number of ether oxygens (including phenoxy) is 1. The van der Waals surface area contributed by atoms with Crippen LogP contribution in [0.25, 0.3) is 0 Å². The number of hydrogen-bond donors (Lipinski definition) is 1. The first kappa shape index (κ1) is 12.9. The molecule has 0 bridgehead atoms. The Bertz CT molecular complexity index is 190. The maximum absolute atomic E-state index is 11.1. The summed E-state index contributed by atoms with van der Waals surface area (Å²) >= 11 is 0. The zero-order chi connectivity index (χ0) is 11.1. The molecule has 0 spiro atoms. The van der Waals surface area contributed by atoms with Crippen LogP contribution in [0.4, 0.5) is 4.79 Å². The summed E-state index contributed by atoms with van der Waals surface area (Å²) in [6, 6.07) is -0.588. The first-order valence-corrected chi connectivity index (χ1v) is 4.78. The fourth-order valence-electron chi connectivity index (χ4n) is 0.743. The maximum Gasteiger partial charge on any atom is 0.407 e. The predicted octanol–water partition coefficient (Wildman–Crippen LogP) is 1.50. The summed E-state index contributed by atoms with van der Waals surface area (Å²) in [6.07, 6.45) is 1.20. The van der Waals surface area contributed by atoms with Crippen LogP contribution in [-0.2, 0) is 9.53 Å². The van der Waals surface area contributed by atoms with Crippen molar-refractivity contribution < 1.29 is 14.3 Å². The maximum atomic E-state index is 11.1. The lowest BCUT2D eigenvalue weighted by molar-refractivity contribution is 0.129. The van der Waals surface area contributed by atoms with Crippen molar-refractivity contribution in [1.29, 1.82) is 0 Å². The first-order chi connectivity index (χ1) is 6.47. The molecule has 1 amide bonds. The van der Waals surface area contributed by atoms with E-state index in [0.717, 1.165) is 0 Å². The second-order valence-corrected chi connectivity index (χ2v) is 3.98. The predicted molar refractivity (Wildman–Crippen MR) is 53.6 cm³/mol. The molecule has 0 fully saturated rings. The highest BCUT2D eigenvalue weighted by molar-refractivity contribution is 5.73. The molecule has 1 N–H and O–H groups in total. The third-order valence-electron chi connectivity index (χ3n) is 1.61. The fraction of sp³-hybridized carbons (Fsp3) is 0.800. The molecule has 0 aromatic rings. The number of rotatable bonds is 5. The molecule has 0 aliphatic carbocycles. The van der Waals surface area contributed by atoms with E-state index in [-0.39, 0.29) is 5.92 Å². The van der Waals surface area contributed by atoms with Gasteiger partial charge in [0, 0.05) is 0 Å². The second-order valence-electron chi connectivity index (χ2n) is 3.98. The van der Waals surface area contributed by atoms with Crippen molar-refractivity contribution in [3.63, 3.8) is 0 Å². The standard InChI is InChI=1S/C10H18NO3/c1-7(2)6-14-10(13)11-9(5-12)8(3)4/h7-9H,6H2,1-4H3,(H,11,13). The molecule has 0 heterocycles. The first-order valence-electron chi connectivity index (χ1n) is 4.78. The smallest absolute Gasteiger partial charge is 0.407 e. The lowest BCUT2D eigenvalue weighted by Gasteiger charge is -2.15. The topological polar surface area (TPSA) is 55.4 Å². The van der Waals surface area contributed by atoms with E-state index >= 15 is 0 Å². The molecule has 0 rings (SSSR count). The van der Waals surface area contributed by atoms with Crippen molar-refractivity contribution >= 4 is 12.4 Å². The quantitative estimate of drug-likeness (QED) is 0.731. The van der Waals surface area contributed by atoms with Gasteiger partial charge in [0.1, 0.15) is 6.04 Å². The van der Waals surface area contributed by atoms with Gasteiger partial charge in [0.25, 0.3) is 0 Å². The molecule has 14 heavy (non-hydrogen) atoms. The van der Waals surface area contributed by atoms with E-state index in [1.807, 2.05) is 27.7 Å².